The smallest absolute Gasteiger partial charge is 0.227 e. The molecule has 2 N–H and O–H groups in total. The number of aromatic nitrogens is 1. The molecule has 0 bridgehead atoms. The molecule has 0 aliphatic carbocycles. The Morgan fingerprint density at radius 3 is 3.12 bits per heavy atom. The summed E-state index contributed by atoms with van der Waals surface area (Å²) in [4.78, 5) is 16.1. The lowest BCUT2D eigenvalue weighted by atomic mass is 9.89. The minimum atomic E-state index is -0.249. The highest BCUT2D eigenvalue weighted by Gasteiger charge is 2.35. The molecule has 1 amide bonds. The van der Waals surface area contributed by atoms with E-state index in [4.69, 9.17) is 0 Å². The number of hydrogen-bond acceptors (Lipinski definition) is 3. The SMILES string of the molecule is Cc1cnccc1CNC(=O)C1(C)CCNC1. The minimum absolute atomic E-state index is 0.138. The summed E-state index contributed by atoms with van der Waals surface area (Å²) in [7, 11) is 0. The number of amides is 1. The third-order valence-electron chi connectivity index (χ3n) is 3.49. The first kappa shape index (κ1) is 12.0. The minimum Gasteiger partial charge on any atom is -0.351 e. The van der Waals surface area contributed by atoms with Crippen molar-refractivity contribution < 1.29 is 4.79 Å². The van der Waals surface area contributed by atoms with Gasteiger partial charge in [0.1, 0.15) is 0 Å². The van der Waals surface area contributed by atoms with Crippen molar-refractivity contribution in [1.29, 1.82) is 0 Å². The fraction of sp³-hybridized carbons (Fsp3) is 0.538. The lowest BCUT2D eigenvalue weighted by Crippen LogP contribution is -2.40. The molecule has 0 aromatic carbocycles. The van der Waals surface area contributed by atoms with E-state index in [1.165, 1.54) is 0 Å². The van der Waals surface area contributed by atoms with E-state index < -0.39 is 0 Å². The third-order valence-corrected chi connectivity index (χ3v) is 3.49. The monoisotopic (exact) mass is 233 g/mol. The van der Waals surface area contributed by atoms with Crippen LogP contribution in [0.1, 0.15) is 24.5 Å². The van der Waals surface area contributed by atoms with Crippen LogP contribution in [0.5, 0.6) is 0 Å². The molecule has 1 aromatic heterocycles. The molecule has 0 spiro atoms. The molecule has 0 radical (unpaired) electrons. The fourth-order valence-electron chi connectivity index (χ4n) is 2.10. The van der Waals surface area contributed by atoms with Gasteiger partial charge in [0.05, 0.1) is 5.41 Å². The normalized spacial score (nSPS) is 23.6. The Morgan fingerprint density at radius 2 is 2.47 bits per heavy atom. The summed E-state index contributed by atoms with van der Waals surface area (Å²) in [6.07, 6.45) is 4.49. The second kappa shape index (κ2) is 4.84. The predicted octanol–water partition coefficient (Wildman–Crippen LogP) is 1.01. The van der Waals surface area contributed by atoms with Crippen LogP contribution < -0.4 is 10.6 Å². The summed E-state index contributed by atoms with van der Waals surface area (Å²) in [6.45, 7) is 6.31. The predicted molar refractivity (Wildman–Crippen MR) is 66.4 cm³/mol. The molecular weight excluding hydrogens is 214 g/mol. The molecule has 1 aliphatic heterocycles. The number of carbonyl (C=O) groups excluding carboxylic acids is 1. The first-order valence-corrected chi connectivity index (χ1v) is 6.00. The summed E-state index contributed by atoms with van der Waals surface area (Å²) in [5.41, 5.74) is 1.99. The molecule has 4 heteroatoms. The summed E-state index contributed by atoms with van der Waals surface area (Å²) in [6, 6.07) is 1.95. The second-order valence-electron chi connectivity index (χ2n) is 4.97. The second-order valence-corrected chi connectivity index (χ2v) is 4.97. The van der Waals surface area contributed by atoms with Gasteiger partial charge in [-0.3, -0.25) is 9.78 Å². The average Bonchev–Trinajstić information content (AvgIpc) is 2.76. The van der Waals surface area contributed by atoms with Gasteiger partial charge in [0.2, 0.25) is 5.91 Å². The number of nitrogens with zero attached hydrogens (tertiary/aromatic N) is 1. The van der Waals surface area contributed by atoms with Crippen LogP contribution in [0, 0.1) is 12.3 Å². The van der Waals surface area contributed by atoms with E-state index >= 15 is 0 Å². The number of nitrogens with one attached hydrogen (secondary N) is 2. The van der Waals surface area contributed by atoms with E-state index in [0.29, 0.717) is 6.54 Å². The maximum absolute atomic E-state index is 12.1. The van der Waals surface area contributed by atoms with Gasteiger partial charge in [-0.25, -0.2) is 0 Å². The highest BCUT2D eigenvalue weighted by Crippen LogP contribution is 2.24. The van der Waals surface area contributed by atoms with E-state index in [-0.39, 0.29) is 11.3 Å². The number of aryl methyl sites for hydroxylation is 1. The van der Waals surface area contributed by atoms with Crippen LogP contribution in [0.3, 0.4) is 0 Å². The van der Waals surface area contributed by atoms with E-state index in [1.54, 1.807) is 6.20 Å². The van der Waals surface area contributed by atoms with Crippen LogP contribution in [-0.2, 0) is 11.3 Å². The Bertz CT molecular complexity index is 411. The number of rotatable bonds is 3. The average molecular weight is 233 g/mol. The Hall–Kier alpha value is -1.42. The number of hydrogen-bond donors (Lipinski definition) is 2. The molecule has 2 heterocycles. The first-order valence-electron chi connectivity index (χ1n) is 6.00. The summed E-state index contributed by atoms with van der Waals surface area (Å²) < 4.78 is 0. The van der Waals surface area contributed by atoms with Gasteiger partial charge < -0.3 is 10.6 Å². The zero-order chi connectivity index (χ0) is 12.3. The van der Waals surface area contributed by atoms with E-state index in [9.17, 15) is 4.79 Å². The lowest BCUT2D eigenvalue weighted by Gasteiger charge is -2.21. The van der Waals surface area contributed by atoms with Crippen LogP contribution in [0.2, 0.25) is 0 Å². The van der Waals surface area contributed by atoms with Crippen molar-refractivity contribution >= 4 is 5.91 Å². The molecule has 1 saturated heterocycles. The van der Waals surface area contributed by atoms with Crippen molar-refractivity contribution in [2.75, 3.05) is 13.1 Å². The number of pyridine rings is 1. The highest BCUT2D eigenvalue weighted by atomic mass is 16.2. The largest absolute Gasteiger partial charge is 0.351 e. The molecule has 4 nitrogen and oxygen atoms in total. The molecule has 1 aliphatic rings. The van der Waals surface area contributed by atoms with Crippen LogP contribution in [0.25, 0.3) is 0 Å². The van der Waals surface area contributed by atoms with Gasteiger partial charge >= 0.3 is 0 Å². The van der Waals surface area contributed by atoms with Crippen molar-refractivity contribution in [2.45, 2.75) is 26.8 Å². The Labute approximate surface area is 102 Å². The van der Waals surface area contributed by atoms with Gasteiger partial charge in [-0.15, -0.1) is 0 Å². The summed E-state index contributed by atoms with van der Waals surface area (Å²) >= 11 is 0. The lowest BCUT2D eigenvalue weighted by molar-refractivity contribution is -0.129. The van der Waals surface area contributed by atoms with Crippen LogP contribution in [-0.4, -0.2) is 24.0 Å². The standard InChI is InChI=1S/C13H19N3O/c1-10-7-14-5-3-11(10)8-16-12(17)13(2)4-6-15-9-13/h3,5,7,15H,4,6,8-9H2,1-2H3,(H,16,17). The van der Waals surface area contributed by atoms with E-state index in [1.807, 2.05) is 26.1 Å². The van der Waals surface area contributed by atoms with Gasteiger partial charge in [-0.1, -0.05) is 0 Å². The molecule has 1 atom stereocenters. The van der Waals surface area contributed by atoms with Crippen LogP contribution in [0.4, 0.5) is 0 Å². The Kier molecular flexibility index (Phi) is 3.43. The molecule has 1 aromatic rings. The van der Waals surface area contributed by atoms with Gasteiger partial charge in [0.25, 0.3) is 0 Å². The van der Waals surface area contributed by atoms with Crippen molar-refractivity contribution in [1.82, 2.24) is 15.6 Å². The summed E-state index contributed by atoms with van der Waals surface area (Å²) in [5, 5.41) is 6.25. The van der Waals surface area contributed by atoms with Crippen molar-refractivity contribution in [3.05, 3.63) is 29.6 Å². The van der Waals surface area contributed by atoms with Crippen molar-refractivity contribution in [3.63, 3.8) is 0 Å². The fourth-order valence-corrected chi connectivity index (χ4v) is 2.10. The molecule has 1 fully saturated rings. The van der Waals surface area contributed by atoms with Crippen LogP contribution in [0.15, 0.2) is 18.5 Å². The molecule has 17 heavy (non-hydrogen) atoms. The van der Waals surface area contributed by atoms with Crippen molar-refractivity contribution in [2.24, 2.45) is 5.41 Å². The molecular formula is C13H19N3O. The molecule has 92 valence electrons. The van der Waals surface area contributed by atoms with Crippen molar-refractivity contribution in [3.8, 4) is 0 Å². The highest BCUT2D eigenvalue weighted by molar-refractivity contribution is 5.82. The zero-order valence-corrected chi connectivity index (χ0v) is 10.4. The molecule has 2 rings (SSSR count). The maximum atomic E-state index is 12.1. The Morgan fingerprint density at radius 1 is 1.65 bits per heavy atom. The molecule has 1 unspecified atom stereocenters. The summed E-state index contributed by atoms with van der Waals surface area (Å²) in [5.74, 6) is 0.138. The third kappa shape index (κ3) is 2.64. The molecule has 0 saturated carbocycles. The van der Waals surface area contributed by atoms with E-state index in [0.717, 1.165) is 30.6 Å². The zero-order valence-electron chi connectivity index (χ0n) is 10.4. The maximum Gasteiger partial charge on any atom is 0.227 e. The van der Waals surface area contributed by atoms with Gasteiger partial charge in [0.15, 0.2) is 0 Å². The van der Waals surface area contributed by atoms with Gasteiger partial charge in [-0.2, -0.15) is 0 Å². The number of carbonyl (C=O) groups is 1. The van der Waals surface area contributed by atoms with Gasteiger partial charge in [0, 0.05) is 25.5 Å². The first-order chi connectivity index (χ1) is 8.12. The topological polar surface area (TPSA) is 54.0 Å². The quantitative estimate of drug-likeness (QED) is 0.819. The van der Waals surface area contributed by atoms with Crippen LogP contribution >= 0.6 is 0 Å². The van der Waals surface area contributed by atoms with E-state index in [2.05, 4.69) is 15.6 Å². The van der Waals surface area contributed by atoms with Gasteiger partial charge in [-0.05, 0) is 44.0 Å². The Balaban J connectivity index is 1.94.